The Morgan fingerprint density at radius 1 is 1.32 bits per heavy atom. The highest BCUT2D eigenvalue weighted by atomic mass is 35.5. The van der Waals surface area contributed by atoms with Crippen molar-refractivity contribution in [2.45, 2.75) is 11.8 Å². The number of nitrogens with two attached hydrogens (primary N) is 2. The Hall–Kier alpha value is -2.60. The van der Waals surface area contributed by atoms with Crippen LogP contribution < -0.4 is 11.5 Å². The first-order chi connectivity index (χ1) is 10.0. The fourth-order valence-electron chi connectivity index (χ4n) is 2.61. The lowest BCUT2D eigenvalue weighted by Gasteiger charge is -2.30. The molecule has 0 fully saturated rings. The van der Waals surface area contributed by atoms with E-state index in [2.05, 4.69) is 9.97 Å². The number of hydrogen-bond donors (Lipinski definition) is 3. The zero-order valence-corrected chi connectivity index (χ0v) is 12.4. The molecule has 1 unspecified atom stereocenters. The average molecular weight is 319 g/mol. The largest absolute Gasteiger partial charge is 0.369 e. The van der Waals surface area contributed by atoms with Gasteiger partial charge in [-0.3, -0.25) is 9.59 Å². The molecular weight excluding hydrogens is 304 g/mol. The molecular formula is C15H15ClN4O2. The topological polar surface area (TPSA) is 115 Å². The van der Waals surface area contributed by atoms with E-state index in [1.807, 2.05) is 12.1 Å². The summed E-state index contributed by atoms with van der Waals surface area (Å²) in [5, 5.41) is 0.872. The zero-order chi connectivity index (χ0) is 15.0. The highest BCUT2D eigenvalue weighted by Crippen LogP contribution is 2.36. The van der Waals surface area contributed by atoms with Gasteiger partial charge in [-0.25, -0.2) is 4.98 Å². The van der Waals surface area contributed by atoms with E-state index >= 15 is 0 Å². The Morgan fingerprint density at radius 2 is 2.09 bits per heavy atom. The van der Waals surface area contributed by atoms with Crippen molar-refractivity contribution in [2.24, 2.45) is 11.5 Å². The van der Waals surface area contributed by atoms with Crippen molar-refractivity contribution in [3.63, 3.8) is 0 Å². The number of pyridine rings is 1. The van der Waals surface area contributed by atoms with Crippen molar-refractivity contribution in [3.05, 3.63) is 53.9 Å². The minimum absolute atomic E-state index is 0. The van der Waals surface area contributed by atoms with Crippen molar-refractivity contribution in [3.8, 4) is 0 Å². The van der Waals surface area contributed by atoms with Gasteiger partial charge in [0.1, 0.15) is 5.65 Å². The van der Waals surface area contributed by atoms with Gasteiger partial charge in [-0.15, -0.1) is 12.4 Å². The first kappa shape index (κ1) is 15.8. The fraction of sp³-hybridized carbons (Fsp3) is 0.133. The molecule has 2 amide bonds. The minimum Gasteiger partial charge on any atom is -0.369 e. The van der Waals surface area contributed by atoms with E-state index in [0.29, 0.717) is 11.1 Å². The summed E-state index contributed by atoms with van der Waals surface area (Å²) in [5.74, 6) is -1.09. The fourth-order valence-corrected chi connectivity index (χ4v) is 2.61. The normalized spacial score (nSPS) is 20.3. The molecule has 1 aliphatic carbocycles. The van der Waals surface area contributed by atoms with Crippen LogP contribution in [-0.2, 0) is 15.0 Å². The van der Waals surface area contributed by atoms with Gasteiger partial charge in [-0.05, 0) is 24.1 Å². The van der Waals surface area contributed by atoms with E-state index in [4.69, 9.17) is 11.5 Å². The van der Waals surface area contributed by atoms with Crippen LogP contribution in [0.1, 0.15) is 12.0 Å². The zero-order valence-electron chi connectivity index (χ0n) is 11.6. The quantitative estimate of drug-likeness (QED) is 0.786. The summed E-state index contributed by atoms with van der Waals surface area (Å²) in [6, 6.07) is 3.70. The van der Waals surface area contributed by atoms with E-state index in [-0.39, 0.29) is 18.8 Å². The van der Waals surface area contributed by atoms with Crippen LogP contribution in [0.2, 0.25) is 0 Å². The van der Waals surface area contributed by atoms with Crippen LogP contribution in [0.5, 0.6) is 0 Å². The summed E-state index contributed by atoms with van der Waals surface area (Å²) in [6.07, 6.45) is 8.44. The maximum absolute atomic E-state index is 12.1. The number of aromatic nitrogens is 2. The maximum Gasteiger partial charge on any atom is 0.244 e. The highest BCUT2D eigenvalue weighted by molar-refractivity contribution is 5.97. The Labute approximate surface area is 132 Å². The van der Waals surface area contributed by atoms with Gasteiger partial charge in [-0.1, -0.05) is 18.2 Å². The Morgan fingerprint density at radius 3 is 2.77 bits per heavy atom. The lowest BCUT2D eigenvalue weighted by Crippen LogP contribution is -2.42. The van der Waals surface area contributed by atoms with Gasteiger partial charge in [-0.2, -0.15) is 0 Å². The second kappa shape index (κ2) is 5.65. The Balaban J connectivity index is 0.00000176. The van der Waals surface area contributed by atoms with E-state index < -0.39 is 17.2 Å². The van der Waals surface area contributed by atoms with E-state index in [1.165, 1.54) is 0 Å². The van der Waals surface area contributed by atoms with Crippen LogP contribution in [0.3, 0.4) is 0 Å². The van der Waals surface area contributed by atoms with Crippen molar-refractivity contribution in [1.82, 2.24) is 9.97 Å². The maximum atomic E-state index is 12.1. The van der Waals surface area contributed by atoms with Crippen molar-refractivity contribution in [2.75, 3.05) is 0 Å². The van der Waals surface area contributed by atoms with Crippen LogP contribution in [0.15, 0.2) is 48.3 Å². The monoisotopic (exact) mass is 318 g/mol. The number of aromatic amines is 1. The molecule has 0 aliphatic heterocycles. The molecule has 6 nitrogen and oxygen atoms in total. The van der Waals surface area contributed by atoms with Gasteiger partial charge < -0.3 is 16.5 Å². The van der Waals surface area contributed by atoms with Crippen LogP contribution in [0.25, 0.3) is 11.0 Å². The Bertz CT molecular complexity index is 809. The molecule has 114 valence electrons. The van der Waals surface area contributed by atoms with Crippen LogP contribution in [0.4, 0.5) is 0 Å². The summed E-state index contributed by atoms with van der Waals surface area (Å²) in [6.45, 7) is 0. The van der Waals surface area contributed by atoms with Gasteiger partial charge >= 0.3 is 0 Å². The second-order valence-electron chi connectivity index (χ2n) is 5.07. The molecule has 2 aromatic rings. The Kier molecular flexibility index (Phi) is 4.05. The number of carbonyl (C=O) groups excluding carboxylic acids is 2. The summed E-state index contributed by atoms with van der Waals surface area (Å²) >= 11 is 0. The van der Waals surface area contributed by atoms with Crippen molar-refractivity contribution >= 4 is 35.3 Å². The van der Waals surface area contributed by atoms with Crippen molar-refractivity contribution in [1.29, 1.82) is 0 Å². The molecule has 0 spiro atoms. The SMILES string of the molecule is Cl.NC(=O)C1=CC=CC(C(N)=O)(c2cnc3[nH]ccc3c2)C1. The van der Waals surface area contributed by atoms with Gasteiger partial charge in [0, 0.05) is 23.4 Å². The average Bonchev–Trinajstić information content (AvgIpc) is 2.94. The van der Waals surface area contributed by atoms with Gasteiger partial charge in [0.05, 0.1) is 5.41 Å². The summed E-state index contributed by atoms with van der Waals surface area (Å²) in [7, 11) is 0. The number of nitrogens with one attached hydrogen (secondary N) is 1. The first-order valence-corrected chi connectivity index (χ1v) is 6.45. The van der Waals surface area contributed by atoms with Crippen molar-refractivity contribution < 1.29 is 9.59 Å². The number of H-pyrrole nitrogens is 1. The molecule has 2 heterocycles. The highest BCUT2D eigenvalue weighted by Gasteiger charge is 2.39. The first-order valence-electron chi connectivity index (χ1n) is 6.45. The number of halogens is 1. The van der Waals surface area contributed by atoms with Crippen LogP contribution >= 0.6 is 12.4 Å². The number of allylic oxidation sites excluding steroid dienone is 2. The smallest absolute Gasteiger partial charge is 0.244 e. The number of rotatable bonds is 3. The number of fused-ring (bicyclic) bond motifs is 1. The molecule has 2 aromatic heterocycles. The van der Waals surface area contributed by atoms with Crippen LogP contribution in [0, 0.1) is 0 Å². The van der Waals surface area contributed by atoms with Gasteiger partial charge in [0.25, 0.3) is 0 Å². The lowest BCUT2D eigenvalue weighted by molar-refractivity contribution is -0.122. The van der Waals surface area contributed by atoms with Crippen LogP contribution in [-0.4, -0.2) is 21.8 Å². The standard InChI is InChI=1S/C15H14N4O2.ClH/c16-12(20)10-2-1-4-15(7-10,14(17)21)11-6-9-3-5-18-13(9)19-8-11;/h1-6,8H,7H2,(H2,16,20)(H2,17,21)(H,18,19);1H. The third-order valence-corrected chi connectivity index (χ3v) is 3.82. The summed E-state index contributed by atoms with van der Waals surface area (Å²) in [4.78, 5) is 30.8. The molecule has 7 heteroatoms. The number of amides is 2. The van der Waals surface area contributed by atoms with E-state index in [1.54, 1.807) is 30.6 Å². The molecule has 0 bridgehead atoms. The number of carbonyl (C=O) groups is 2. The third-order valence-electron chi connectivity index (χ3n) is 3.82. The minimum atomic E-state index is -1.10. The summed E-state index contributed by atoms with van der Waals surface area (Å²) in [5.41, 5.74) is 11.6. The molecule has 22 heavy (non-hydrogen) atoms. The lowest BCUT2D eigenvalue weighted by atomic mass is 9.72. The number of nitrogens with zero attached hydrogens (tertiary/aromatic N) is 1. The summed E-state index contributed by atoms with van der Waals surface area (Å²) < 4.78 is 0. The third kappa shape index (κ3) is 2.37. The molecule has 0 saturated heterocycles. The molecule has 5 N–H and O–H groups in total. The van der Waals surface area contributed by atoms with Gasteiger partial charge in [0.15, 0.2) is 0 Å². The van der Waals surface area contributed by atoms with E-state index in [9.17, 15) is 9.59 Å². The van der Waals surface area contributed by atoms with E-state index in [0.717, 1.165) is 11.0 Å². The molecule has 1 aliphatic rings. The molecule has 0 radical (unpaired) electrons. The molecule has 1 atom stereocenters. The predicted octanol–water partition coefficient (Wildman–Crippen LogP) is 1.08. The molecule has 0 aromatic carbocycles. The number of primary amides is 2. The van der Waals surface area contributed by atoms with Gasteiger partial charge in [0.2, 0.25) is 11.8 Å². The predicted molar refractivity (Wildman–Crippen MR) is 85.2 cm³/mol. The second-order valence-corrected chi connectivity index (χ2v) is 5.07. The molecule has 0 saturated carbocycles. The molecule has 3 rings (SSSR count). The number of hydrogen-bond acceptors (Lipinski definition) is 3.